The van der Waals surface area contributed by atoms with Crippen molar-refractivity contribution >= 4 is 38.1 Å². The molecule has 1 aliphatic rings. The highest BCUT2D eigenvalue weighted by molar-refractivity contribution is 7.92. The number of phenolic OH excluding ortho intramolecular Hbond substituents is 1. The summed E-state index contributed by atoms with van der Waals surface area (Å²) < 4.78 is 34.7. The van der Waals surface area contributed by atoms with Crippen LogP contribution in [-0.4, -0.2) is 31.6 Å². The van der Waals surface area contributed by atoms with Crippen LogP contribution in [0.4, 0.5) is 11.4 Å². The number of phenols is 1. The first-order valence-corrected chi connectivity index (χ1v) is 10.9. The third-order valence-corrected chi connectivity index (χ3v) is 6.34. The highest BCUT2D eigenvalue weighted by atomic mass is 32.2. The fourth-order valence-corrected chi connectivity index (χ4v) is 4.72. The Bertz CT molecular complexity index is 1270. The van der Waals surface area contributed by atoms with E-state index in [2.05, 4.69) is 4.72 Å². The first-order valence-electron chi connectivity index (χ1n) is 9.42. The number of ether oxygens (including phenoxy) is 1. The Balaban J connectivity index is 1.76. The average molecular weight is 426 g/mol. The monoisotopic (exact) mass is 426 g/mol. The number of amides is 1. The lowest BCUT2D eigenvalue weighted by atomic mass is 10.1. The van der Waals surface area contributed by atoms with Crippen molar-refractivity contribution in [3.8, 4) is 11.5 Å². The number of rotatable bonds is 3. The van der Waals surface area contributed by atoms with E-state index in [4.69, 9.17) is 4.74 Å². The molecule has 4 rings (SSSR count). The lowest BCUT2D eigenvalue weighted by Crippen LogP contribution is -2.48. The van der Waals surface area contributed by atoms with E-state index in [1.54, 1.807) is 42.5 Å². The predicted molar refractivity (Wildman–Crippen MR) is 116 cm³/mol. The zero-order valence-corrected chi connectivity index (χ0v) is 17.7. The molecule has 7 nitrogen and oxygen atoms in total. The Hall–Kier alpha value is -3.26. The van der Waals surface area contributed by atoms with Crippen LogP contribution >= 0.6 is 0 Å². The van der Waals surface area contributed by atoms with Crippen molar-refractivity contribution in [3.05, 3.63) is 54.6 Å². The second kappa shape index (κ2) is 6.91. The molecule has 0 spiro atoms. The Morgan fingerprint density at radius 3 is 2.53 bits per heavy atom. The molecule has 0 radical (unpaired) electrons. The summed E-state index contributed by atoms with van der Waals surface area (Å²) in [4.78, 5) is 13.7. The first-order chi connectivity index (χ1) is 14.1. The normalized spacial score (nSPS) is 15.4. The molecule has 2 N–H and O–H groups in total. The molecule has 1 aliphatic heterocycles. The van der Waals surface area contributed by atoms with Gasteiger partial charge in [0.2, 0.25) is 5.91 Å². The minimum absolute atomic E-state index is 0.00737. The van der Waals surface area contributed by atoms with Gasteiger partial charge in [-0.15, -0.1) is 0 Å². The second-order valence-electron chi connectivity index (χ2n) is 7.88. The number of benzene rings is 3. The van der Waals surface area contributed by atoms with Crippen LogP contribution in [0.15, 0.2) is 59.5 Å². The van der Waals surface area contributed by atoms with Gasteiger partial charge in [-0.2, -0.15) is 0 Å². The standard InChI is InChI=1S/C22H22N2O5S/c1-14(25)24-13-22(2,3)29-21-11-10-15(12-19(21)24)30(27,28)23-18-8-4-7-17-16(18)6-5-9-20(17)26/h4-12,23,26H,13H2,1-3H3. The fraction of sp³-hybridized carbons (Fsp3) is 0.227. The number of carbonyl (C=O) groups is 1. The van der Waals surface area contributed by atoms with Gasteiger partial charge in [0.1, 0.15) is 17.1 Å². The Morgan fingerprint density at radius 1 is 1.10 bits per heavy atom. The van der Waals surface area contributed by atoms with Crippen molar-refractivity contribution < 1.29 is 23.1 Å². The van der Waals surface area contributed by atoms with Crippen LogP contribution < -0.4 is 14.4 Å². The molecule has 0 saturated carbocycles. The highest BCUT2D eigenvalue weighted by Gasteiger charge is 2.34. The quantitative estimate of drug-likeness (QED) is 0.663. The van der Waals surface area contributed by atoms with Crippen LogP contribution in [-0.2, 0) is 14.8 Å². The molecule has 0 fully saturated rings. The van der Waals surface area contributed by atoms with Gasteiger partial charge in [-0.05, 0) is 44.2 Å². The van der Waals surface area contributed by atoms with Crippen molar-refractivity contribution in [1.29, 1.82) is 0 Å². The van der Waals surface area contributed by atoms with Crippen LogP contribution in [0.1, 0.15) is 20.8 Å². The maximum Gasteiger partial charge on any atom is 0.261 e. The maximum atomic E-state index is 13.1. The van der Waals surface area contributed by atoms with E-state index in [0.29, 0.717) is 34.4 Å². The molecule has 0 aromatic heterocycles. The average Bonchev–Trinajstić information content (AvgIpc) is 2.67. The molecule has 0 unspecified atom stereocenters. The predicted octanol–water partition coefficient (Wildman–Crippen LogP) is 3.87. The molecular formula is C22H22N2O5S. The minimum atomic E-state index is -3.95. The number of nitrogens with zero attached hydrogens (tertiary/aromatic N) is 1. The van der Waals surface area contributed by atoms with Crippen LogP contribution in [0.3, 0.4) is 0 Å². The Morgan fingerprint density at radius 2 is 1.80 bits per heavy atom. The first kappa shape index (κ1) is 20.0. The van der Waals surface area contributed by atoms with E-state index in [9.17, 15) is 18.3 Å². The molecule has 1 amide bonds. The summed E-state index contributed by atoms with van der Waals surface area (Å²) in [6.07, 6.45) is 0. The van der Waals surface area contributed by atoms with Crippen molar-refractivity contribution in [3.63, 3.8) is 0 Å². The lowest BCUT2D eigenvalue weighted by Gasteiger charge is -2.39. The molecule has 8 heteroatoms. The van der Waals surface area contributed by atoms with Crippen LogP contribution in [0.25, 0.3) is 10.8 Å². The zero-order chi connectivity index (χ0) is 21.7. The van der Waals surface area contributed by atoms with E-state index in [1.807, 2.05) is 13.8 Å². The number of hydrogen-bond donors (Lipinski definition) is 2. The Labute approximate surface area is 174 Å². The zero-order valence-electron chi connectivity index (χ0n) is 16.8. The van der Waals surface area contributed by atoms with Crippen molar-refractivity contribution in [1.82, 2.24) is 0 Å². The van der Waals surface area contributed by atoms with E-state index < -0.39 is 15.6 Å². The van der Waals surface area contributed by atoms with Crippen molar-refractivity contribution in [2.45, 2.75) is 31.3 Å². The summed E-state index contributed by atoms with van der Waals surface area (Å²) in [5, 5.41) is 11.2. The number of anilines is 2. The fourth-order valence-electron chi connectivity index (χ4n) is 3.62. The van der Waals surface area contributed by atoms with Gasteiger partial charge >= 0.3 is 0 Å². The van der Waals surface area contributed by atoms with Gasteiger partial charge in [0, 0.05) is 17.7 Å². The summed E-state index contributed by atoms with van der Waals surface area (Å²) in [7, 11) is -3.95. The number of carbonyl (C=O) groups excluding carboxylic acids is 1. The molecule has 30 heavy (non-hydrogen) atoms. The second-order valence-corrected chi connectivity index (χ2v) is 9.56. The third-order valence-electron chi connectivity index (χ3n) is 4.98. The van der Waals surface area contributed by atoms with E-state index >= 15 is 0 Å². The summed E-state index contributed by atoms with van der Waals surface area (Å²) in [6.45, 7) is 5.49. The molecule has 0 bridgehead atoms. The maximum absolute atomic E-state index is 13.1. The third kappa shape index (κ3) is 3.54. The van der Waals surface area contributed by atoms with Gasteiger partial charge in [0.15, 0.2) is 0 Å². The van der Waals surface area contributed by atoms with Gasteiger partial charge in [-0.1, -0.05) is 24.3 Å². The molecule has 156 valence electrons. The molecule has 0 aliphatic carbocycles. The largest absolute Gasteiger partial charge is 0.507 e. The lowest BCUT2D eigenvalue weighted by molar-refractivity contribution is -0.117. The van der Waals surface area contributed by atoms with Gasteiger partial charge in [0.25, 0.3) is 10.0 Å². The SMILES string of the molecule is CC(=O)N1CC(C)(C)Oc2ccc(S(=O)(=O)Nc3cccc4c(O)cccc34)cc21. The smallest absolute Gasteiger partial charge is 0.261 e. The topological polar surface area (TPSA) is 95.9 Å². The van der Waals surface area contributed by atoms with Gasteiger partial charge in [-0.25, -0.2) is 8.42 Å². The molecular weight excluding hydrogens is 404 g/mol. The minimum Gasteiger partial charge on any atom is -0.507 e. The number of nitrogens with one attached hydrogen (secondary N) is 1. The molecule has 0 atom stereocenters. The molecule has 3 aromatic carbocycles. The number of fused-ring (bicyclic) bond motifs is 2. The van der Waals surface area contributed by atoms with E-state index in [1.165, 1.54) is 24.0 Å². The number of aromatic hydroxyl groups is 1. The van der Waals surface area contributed by atoms with Crippen LogP contribution in [0.2, 0.25) is 0 Å². The van der Waals surface area contributed by atoms with E-state index in [-0.39, 0.29) is 16.6 Å². The van der Waals surface area contributed by atoms with Crippen molar-refractivity contribution in [2.24, 2.45) is 0 Å². The van der Waals surface area contributed by atoms with Crippen LogP contribution in [0, 0.1) is 0 Å². The van der Waals surface area contributed by atoms with Crippen LogP contribution in [0.5, 0.6) is 11.5 Å². The van der Waals surface area contributed by atoms with Gasteiger partial charge < -0.3 is 14.7 Å². The van der Waals surface area contributed by atoms with Crippen molar-refractivity contribution in [2.75, 3.05) is 16.2 Å². The summed E-state index contributed by atoms with van der Waals surface area (Å²) in [6, 6.07) is 14.4. The highest BCUT2D eigenvalue weighted by Crippen LogP contribution is 2.39. The summed E-state index contributed by atoms with van der Waals surface area (Å²) >= 11 is 0. The molecule has 1 heterocycles. The molecule has 3 aromatic rings. The van der Waals surface area contributed by atoms with Gasteiger partial charge in [0.05, 0.1) is 22.8 Å². The summed E-state index contributed by atoms with van der Waals surface area (Å²) in [5.74, 6) is 0.328. The van der Waals surface area contributed by atoms with E-state index in [0.717, 1.165) is 0 Å². The summed E-state index contributed by atoms with van der Waals surface area (Å²) in [5.41, 5.74) is 0.185. The molecule has 0 saturated heterocycles. The number of sulfonamides is 1. The van der Waals surface area contributed by atoms with Gasteiger partial charge in [-0.3, -0.25) is 9.52 Å². The Kier molecular flexibility index (Phi) is 4.62. The number of hydrogen-bond acceptors (Lipinski definition) is 5.